The van der Waals surface area contributed by atoms with Crippen LogP contribution in [0, 0.1) is 0 Å². The number of carbonyl (C=O) groups is 2. The Morgan fingerprint density at radius 2 is 1.79 bits per heavy atom. The van der Waals surface area contributed by atoms with Crippen molar-refractivity contribution in [3.05, 3.63) is 24.8 Å². The molecule has 0 rings (SSSR count). The quantitative estimate of drug-likeness (QED) is 0.421. The molecular weight excluding hydrogens is 246 g/mol. The van der Waals surface area contributed by atoms with Gasteiger partial charge in [0.1, 0.15) is 0 Å². The molecule has 0 N–H and O–H groups in total. The lowest BCUT2D eigenvalue weighted by molar-refractivity contribution is -0.152. The maximum Gasteiger partial charge on any atom is 0.334 e. The van der Waals surface area contributed by atoms with Crippen LogP contribution in [0.25, 0.3) is 0 Å². The van der Waals surface area contributed by atoms with Crippen LogP contribution < -0.4 is 0 Å². The second-order valence-corrected chi connectivity index (χ2v) is 3.73. The van der Waals surface area contributed by atoms with Crippen LogP contribution in [0.2, 0.25) is 0 Å². The van der Waals surface area contributed by atoms with E-state index in [9.17, 15) is 9.59 Å². The Bertz CT molecular complexity index is 309. The minimum absolute atomic E-state index is 0.167. The highest BCUT2D eigenvalue weighted by Gasteiger charge is 2.14. The smallest absolute Gasteiger partial charge is 0.334 e. The molecule has 19 heavy (non-hydrogen) atoms. The largest absolute Gasteiger partial charge is 0.466 e. The number of rotatable bonds is 6. The van der Waals surface area contributed by atoms with Crippen molar-refractivity contribution in [3.8, 4) is 0 Å². The van der Waals surface area contributed by atoms with Crippen LogP contribution >= 0.6 is 0 Å². The van der Waals surface area contributed by atoms with Crippen LogP contribution in [0.1, 0.15) is 27.7 Å². The molecule has 0 heterocycles. The predicted molar refractivity (Wildman–Crippen MR) is 75.5 cm³/mol. The summed E-state index contributed by atoms with van der Waals surface area (Å²) < 4.78 is 9.29. The van der Waals surface area contributed by atoms with Crippen molar-refractivity contribution in [1.82, 2.24) is 4.90 Å². The van der Waals surface area contributed by atoms with E-state index in [0.717, 1.165) is 19.2 Å². The molecule has 1 atom stereocenters. The summed E-state index contributed by atoms with van der Waals surface area (Å²) in [7, 11) is 1.31. The second-order valence-electron chi connectivity index (χ2n) is 3.73. The van der Waals surface area contributed by atoms with Gasteiger partial charge in [-0.25, -0.2) is 9.59 Å². The molecule has 110 valence electrons. The van der Waals surface area contributed by atoms with Crippen LogP contribution in [0.4, 0.5) is 0 Å². The van der Waals surface area contributed by atoms with Gasteiger partial charge in [-0.3, -0.25) is 4.90 Å². The Kier molecular flexibility index (Phi) is 11.9. The van der Waals surface area contributed by atoms with Crippen LogP contribution in [0.5, 0.6) is 0 Å². The summed E-state index contributed by atoms with van der Waals surface area (Å²) in [5.74, 6) is -0.714. The fourth-order valence-electron chi connectivity index (χ4n) is 1.15. The topological polar surface area (TPSA) is 55.8 Å². The summed E-state index contributed by atoms with van der Waals surface area (Å²) in [5.41, 5.74) is 0.444. The van der Waals surface area contributed by atoms with Crippen molar-refractivity contribution in [1.29, 1.82) is 0 Å². The first-order valence-electron chi connectivity index (χ1n) is 6.14. The average Bonchev–Trinajstić information content (AvgIpc) is 2.39. The van der Waals surface area contributed by atoms with Gasteiger partial charge in [-0.2, -0.15) is 0 Å². The van der Waals surface area contributed by atoms with E-state index in [0.29, 0.717) is 5.57 Å². The minimum Gasteiger partial charge on any atom is -0.466 e. The van der Waals surface area contributed by atoms with Crippen LogP contribution in [-0.4, -0.2) is 43.3 Å². The number of nitrogens with zero attached hydrogens (tertiary/aromatic N) is 1. The SMILES string of the molecule is C=C(C)C(=O)OC(C)N(CC)CC.C=CC(=O)OC. The predicted octanol–water partition coefficient (Wildman–Crippen LogP) is 2.14. The van der Waals surface area contributed by atoms with Crippen molar-refractivity contribution in [2.75, 3.05) is 20.2 Å². The summed E-state index contributed by atoms with van der Waals surface area (Å²) in [6, 6.07) is 0. The maximum absolute atomic E-state index is 11.1. The maximum atomic E-state index is 11.1. The summed E-state index contributed by atoms with van der Waals surface area (Å²) >= 11 is 0. The standard InChI is InChI=1S/C10H19NO2.C4H6O2/c1-6-11(7-2)9(5)13-10(12)8(3)4;1-3-4(5)6-2/h9H,3,6-7H2,1-2,4-5H3;3H,1H2,2H3. The van der Waals surface area contributed by atoms with E-state index in [2.05, 4.69) is 22.8 Å². The normalized spacial score (nSPS) is 10.8. The van der Waals surface area contributed by atoms with Gasteiger partial charge in [0, 0.05) is 11.6 Å². The third kappa shape index (κ3) is 10.0. The number of esters is 2. The van der Waals surface area contributed by atoms with E-state index < -0.39 is 5.97 Å². The lowest BCUT2D eigenvalue weighted by atomic mass is 10.3. The third-order valence-corrected chi connectivity index (χ3v) is 2.32. The number of methoxy groups -OCH3 is 1. The highest BCUT2D eigenvalue weighted by molar-refractivity contribution is 5.87. The zero-order chi connectivity index (χ0) is 15.4. The molecule has 0 aromatic heterocycles. The van der Waals surface area contributed by atoms with Gasteiger partial charge in [0.05, 0.1) is 7.11 Å². The Morgan fingerprint density at radius 1 is 1.32 bits per heavy atom. The van der Waals surface area contributed by atoms with E-state index in [1.807, 2.05) is 20.8 Å². The van der Waals surface area contributed by atoms with Crippen molar-refractivity contribution < 1.29 is 19.1 Å². The molecule has 0 bridgehead atoms. The molecule has 0 aliphatic carbocycles. The molecule has 5 nitrogen and oxygen atoms in total. The Balaban J connectivity index is 0. The first-order chi connectivity index (χ1) is 8.83. The summed E-state index contributed by atoms with van der Waals surface area (Å²) in [6.45, 7) is 16.0. The van der Waals surface area contributed by atoms with Crippen LogP contribution in [-0.2, 0) is 19.1 Å². The van der Waals surface area contributed by atoms with Gasteiger partial charge in [0.15, 0.2) is 6.23 Å². The molecular formula is C14H25NO4. The molecule has 0 saturated carbocycles. The van der Waals surface area contributed by atoms with Gasteiger partial charge in [0.25, 0.3) is 0 Å². The van der Waals surface area contributed by atoms with Crippen molar-refractivity contribution in [2.45, 2.75) is 33.9 Å². The fourth-order valence-corrected chi connectivity index (χ4v) is 1.15. The molecule has 0 aromatic carbocycles. The molecule has 0 aliphatic rings. The van der Waals surface area contributed by atoms with E-state index in [1.54, 1.807) is 6.92 Å². The Hall–Kier alpha value is -1.62. The lowest BCUT2D eigenvalue weighted by Crippen LogP contribution is -2.36. The van der Waals surface area contributed by atoms with E-state index in [4.69, 9.17) is 4.74 Å². The second kappa shape index (κ2) is 11.5. The number of hydrogen-bond donors (Lipinski definition) is 0. The van der Waals surface area contributed by atoms with Gasteiger partial charge >= 0.3 is 11.9 Å². The summed E-state index contributed by atoms with van der Waals surface area (Å²) in [5, 5.41) is 0. The first kappa shape index (κ1) is 19.7. The highest BCUT2D eigenvalue weighted by atomic mass is 16.6. The molecule has 0 aromatic rings. The van der Waals surface area contributed by atoms with Crippen molar-refractivity contribution in [3.63, 3.8) is 0 Å². The zero-order valence-electron chi connectivity index (χ0n) is 12.6. The Labute approximate surface area is 115 Å². The molecule has 0 fully saturated rings. The van der Waals surface area contributed by atoms with Crippen LogP contribution in [0.15, 0.2) is 24.8 Å². The third-order valence-electron chi connectivity index (χ3n) is 2.32. The monoisotopic (exact) mass is 271 g/mol. The number of ether oxygens (including phenoxy) is 2. The van der Waals surface area contributed by atoms with Gasteiger partial charge in [-0.1, -0.05) is 27.0 Å². The molecule has 0 saturated heterocycles. The highest BCUT2D eigenvalue weighted by Crippen LogP contribution is 2.03. The van der Waals surface area contributed by atoms with E-state index in [-0.39, 0.29) is 12.2 Å². The van der Waals surface area contributed by atoms with E-state index >= 15 is 0 Å². The van der Waals surface area contributed by atoms with Crippen LogP contribution in [0.3, 0.4) is 0 Å². The van der Waals surface area contributed by atoms with Crippen molar-refractivity contribution >= 4 is 11.9 Å². The summed E-state index contributed by atoms with van der Waals surface area (Å²) in [4.78, 5) is 23.0. The fraction of sp³-hybridized carbons (Fsp3) is 0.571. The zero-order valence-corrected chi connectivity index (χ0v) is 12.6. The lowest BCUT2D eigenvalue weighted by Gasteiger charge is -2.25. The Morgan fingerprint density at radius 3 is 2.00 bits per heavy atom. The average molecular weight is 271 g/mol. The number of carbonyl (C=O) groups excluding carboxylic acids is 2. The molecule has 5 heteroatoms. The van der Waals surface area contributed by atoms with E-state index in [1.165, 1.54) is 7.11 Å². The minimum atomic E-state index is -0.394. The van der Waals surface area contributed by atoms with Crippen molar-refractivity contribution in [2.24, 2.45) is 0 Å². The molecule has 0 amide bonds. The van der Waals surface area contributed by atoms with Gasteiger partial charge in [-0.15, -0.1) is 0 Å². The molecule has 0 spiro atoms. The molecule has 0 radical (unpaired) electrons. The molecule has 1 unspecified atom stereocenters. The van der Waals surface area contributed by atoms with Gasteiger partial charge in [-0.05, 0) is 26.9 Å². The number of hydrogen-bond acceptors (Lipinski definition) is 5. The van der Waals surface area contributed by atoms with Gasteiger partial charge in [0.2, 0.25) is 0 Å². The molecule has 0 aliphatic heterocycles. The summed E-state index contributed by atoms with van der Waals surface area (Å²) in [6.07, 6.45) is 0.944. The van der Waals surface area contributed by atoms with Gasteiger partial charge < -0.3 is 9.47 Å². The first-order valence-corrected chi connectivity index (χ1v) is 6.14.